The molecule has 5 aliphatic rings. The Kier molecular flexibility index (Phi) is 8.44. The number of alkyl carbamates (subject to hydrolysis) is 1. The van der Waals surface area contributed by atoms with Gasteiger partial charge in [-0.15, -0.1) is 0 Å². The minimum atomic E-state index is -0.941. The number of fused-ring (bicyclic) bond motifs is 1. The van der Waals surface area contributed by atoms with E-state index in [0.29, 0.717) is 38.9 Å². The smallest absolute Gasteiger partial charge is 0.408 e. The Balaban J connectivity index is 1.24. The Morgan fingerprint density at radius 3 is 2.53 bits per heavy atom. The fraction of sp³-hybridized carbons (Fsp3) is 0.839. The molecule has 3 heterocycles. The van der Waals surface area contributed by atoms with Crippen LogP contribution in [0.5, 0.6) is 0 Å². The van der Waals surface area contributed by atoms with E-state index < -0.39 is 35.5 Å². The number of nitrogens with one attached hydrogen (secondary N) is 3. The number of ether oxygens (including phenoxy) is 1. The number of amides is 4. The van der Waals surface area contributed by atoms with Gasteiger partial charge in [-0.1, -0.05) is 34.6 Å². The molecule has 4 amide bonds. The molecule has 7 atom stereocenters. The number of carbonyl (C=O) groups excluding carboxylic acids is 4. The summed E-state index contributed by atoms with van der Waals surface area (Å²) in [5.74, 6) is -1.08. The van der Waals surface area contributed by atoms with E-state index in [1.807, 2.05) is 20.8 Å². The van der Waals surface area contributed by atoms with E-state index in [0.717, 1.165) is 19.4 Å². The molecule has 0 radical (unpaired) electrons. The van der Waals surface area contributed by atoms with Crippen LogP contribution in [-0.4, -0.2) is 96.2 Å². The van der Waals surface area contributed by atoms with E-state index in [2.05, 4.69) is 40.8 Å². The van der Waals surface area contributed by atoms with Gasteiger partial charge in [0.15, 0.2) is 0 Å². The van der Waals surface area contributed by atoms with Gasteiger partial charge in [0.05, 0.1) is 12.7 Å². The Morgan fingerprint density at radius 2 is 1.93 bits per heavy atom. The maximum Gasteiger partial charge on any atom is 0.408 e. The molecule has 0 aromatic rings. The van der Waals surface area contributed by atoms with Crippen molar-refractivity contribution in [2.75, 3.05) is 32.9 Å². The highest BCUT2D eigenvalue weighted by molar-refractivity contribution is 5.93. The third-order valence-electron chi connectivity index (χ3n) is 10.5. The molecule has 5 rings (SSSR count). The third-order valence-corrected chi connectivity index (χ3v) is 10.5. The van der Waals surface area contributed by atoms with Gasteiger partial charge in [0.2, 0.25) is 17.7 Å². The minimum absolute atomic E-state index is 0.0656. The molecule has 1 spiro atoms. The van der Waals surface area contributed by atoms with Crippen LogP contribution in [-0.2, 0) is 19.1 Å². The Labute approximate surface area is 253 Å². The summed E-state index contributed by atoms with van der Waals surface area (Å²) in [4.78, 5) is 57.0. The number of rotatable bonds is 10. The molecule has 43 heavy (non-hydrogen) atoms. The van der Waals surface area contributed by atoms with Gasteiger partial charge in [-0.05, 0) is 61.2 Å². The number of halogens is 1. The number of carbonyl (C=O) groups is 4. The highest BCUT2D eigenvalue weighted by Crippen LogP contribution is 2.65. The Morgan fingerprint density at radius 1 is 1.21 bits per heavy atom. The lowest BCUT2D eigenvalue weighted by Gasteiger charge is -2.37. The number of hydrogen-bond donors (Lipinski definition) is 3. The molecule has 12 heteroatoms. The summed E-state index contributed by atoms with van der Waals surface area (Å²) >= 11 is 0. The van der Waals surface area contributed by atoms with Gasteiger partial charge < -0.3 is 25.6 Å². The van der Waals surface area contributed by atoms with Gasteiger partial charge in [-0.25, -0.2) is 4.79 Å². The van der Waals surface area contributed by atoms with Crippen LogP contribution < -0.4 is 16.0 Å². The van der Waals surface area contributed by atoms with Crippen LogP contribution in [0.15, 0.2) is 0 Å². The van der Waals surface area contributed by atoms with E-state index >= 15 is 0 Å². The van der Waals surface area contributed by atoms with Gasteiger partial charge in [-0.3, -0.25) is 23.7 Å². The standard InChI is InChI=1S/C31H47FN6O5/c1-29(2,3)24(35-28(42)43-20-7-12-37(16-20)11-6-10-32)27(41)38-17-21-22(30(21,4)5)23(38)26(40)34-19(15-33)13-18-14-31(8-9-31)36-25(18)39/h18-24H,6-14,16-17H2,1-5H3,(H,34,40)(H,35,42)(H,36,39)/t18-,19+,20?,21+,22+,23+,24-/m1/s1. The molecule has 2 saturated carbocycles. The molecule has 3 N–H and O–H groups in total. The molecule has 0 bridgehead atoms. The third kappa shape index (κ3) is 6.47. The highest BCUT2D eigenvalue weighted by atomic mass is 19.1. The molecular weight excluding hydrogens is 555 g/mol. The first-order valence-electron chi connectivity index (χ1n) is 15.8. The average Bonchev–Trinajstić information content (AvgIpc) is 3.50. The summed E-state index contributed by atoms with van der Waals surface area (Å²) in [6.45, 7) is 11.6. The van der Waals surface area contributed by atoms with Gasteiger partial charge in [0, 0.05) is 37.6 Å². The minimum Gasteiger partial charge on any atom is -0.445 e. The first-order chi connectivity index (χ1) is 20.2. The largest absolute Gasteiger partial charge is 0.445 e. The first kappa shape index (κ1) is 31.5. The average molecular weight is 603 g/mol. The fourth-order valence-electron chi connectivity index (χ4n) is 7.65. The zero-order valence-electron chi connectivity index (χ0n) is 26.1. The molecule has 5 fully saturated rings. The van der Waals surface area contributed by atoms with E-state index in [1.54, 1.807) is 4.90 Å². The van der Waals surface area contributed by atoms with Crippen LogP contribution in [0.3, 0.4) is 0 Å². The molecule has 3 aliphatic heterocycles. The molecule has 2 aliphatic carbocycles. The van der Waals surface area contributed by atoms with Crippen LogP contribution in [0.4, 0.5) is 9.18 Å². The quantitative estimate of drug-likeness (QED) is 0.348. The fourth-order valence-corrected chi connectivity index (χ4v) is 7.65. The monoisotopic (exact) mass is 602 g/mol. The van der Waals surface area contributed by atoms with E-state index in [4.69, 9.17) is 4.74 Å². The lowest BCUT2D eigenvalue weighted by Crippen LogP contribution is -2.60. The van der Waals surface area contributed by atoms with Gasteiger partial charge in [0.1, 0.15) is 24.2 Å². The van der Waals surface area contributed by atoms with Crippen molar-refractivity contribution in [1.29, 1.82) is 5.26 Å². The summed E-state index contributed by atoms with van der Waals surface area (Å²) in [5, 5.41) is 18.6. The summed E-state index contributed by atoms with van der Waals surface area (Å²) in [6.07, 6.45) is 2.87. The number of likely N-dealkylation sites (tertiary alicyclic amines) is 2. The van der Waals surface area contributed by atoms with Crippen LogP contribution in [0.2, 0.25) is 0 Å². The summed E-state index contributed by atoms with van der Waals surface area (Å²) < 4.78 is 18.2. The maximum absolute atomic E-state index is 14.1. The van der Waals surface area contributed by atoms with Crippen LogP contribution >= 0.6 is 0 Å². The van der Waals surface area contributed by atoms with Gasteiger partial charge in [0.25, 0.3) is 0 Å². The highest BCUT2D eigenvalue weighted by Gasteiger charge is 2.70. The predicted octanol–water partition coefficient (Wildman–Crippen LogP) is 2.11. The number of nitrogens with zero attached hydrogens (tertiary/aromatic N) is 3. The van der Waals surface area contributed by atoms with Crippen molar-refractivity contribution in [3.05, 3.63) is 0 Å². The van der Waals surface area contributed by atoms with Crippen LogP contribution in [0.1, 0.15) is 73.1 Å². The second-order valence-electron chi connectivity index (χ2n) is 15.1. The Bertz CT molecular complexity index is 1180. The SMILES string of the molecule is CC(C)(C)[C@H](NC(=O)OC1CCN(CCCF)C1)C(=O)N1C[C@H]2[C@@H]([C@H]1C(=O)N[C@H](C#N)C[C@@H]1CC3(CC3)NC1=O)C2(C)C. The zero-order chi connectivity index (χ0) is 31.3. The van der Waals surface area contributed by atoms with Crippen molar-refractivity contribution >= 4 is 23.8 Å². The normalized spacial score (nSPS) is 31.5. The number of piperidine rings is 1. The van der Waals surface area contributed by atoms with E-state index in [9.17, 15) is 28.8 Å². The second kappa shape index (κ2) is 11.5. The number of hydrogen-bond acceptors (Lipinski definition) is 7. The topological polar surface area (TPSA) is 144 Å². The molecule has 0 aromatic carbocycles. The van der Waals surface area contributed by atoms with Crippen molar-refractivity contribution in [1.82, 2.24) is 25.8 Å². The summed E-state index contributed by atoms with van der Waals surface area (Å²) in [7, 11) is 0. The predicted molar refractivity (Wildman–Crippen MR) is 155 cm³/mol. The zero-order valence-corrected chi connectivity index (χ0v) is 26.1. The van der Waals surface area contributed by atoms with Crippen molar-refractivity contribution in [2.45, 2.75) is 103 Å². The second-order valence-corrected chi connectivity index (χ2v) is 15.1. The summed E-state index contributed by atoms with van der Waals surface area (Å²) in [6, 6.07) is -0.416. The van der Waals surface area contributed by atoms with Crippen molar-refractivity contribution in [3.63, 3.8) is 0 Å². The molecule has 11 nitrogen and oxygen atoms in total. The first-order valence-corrected chi connectivity index (χ1v) is 15.8. The molecule has 1 unspecified atom stereocenters. The van der Waals surface area contributed by atoms with Crippen molar-refractivity contribution in [3.8, 4) is 6.07 Å². The molecule has 0 aromatic heterocycles. The number of nitriles is 1. The van der Waals surface area contributed by atoms with E-state index in [1.165, 1.54) is 0 Å². The molecule has 3 saturated heterocycles. The van der Waals surface area contributed by atoms with E-state index in [-0.39, 0.29) is 59.7 Å². The van der Waals surface area contributed by atoms with Crippen LogP contribution in [0.25, 0.3) is 0 Å². The molecular formula is C31H47FN6O5. The molecule has 238 valence electrons. The van der Waals surface area contributed by atoms with Crippen LogP contribution in [0, 0.1) is 39.9 Å². The number of alkyl halides is 1. The van der Waals surface area contributed by atoms with Gasteiger partial charge >= 0.3 is 6.09 Å². The lowest BCUT2D eigenvalue weighted by molar-refractivity contribution is -0.144. The van der Waals surface area contributed by atoms with Gasteiger partial charge in [-0.2, -0.15) is 5.26 Å². The Hall–Kier alpha value is -2.94. The maximum atomic E-state index is 14.1. The summed E-state index contributed by atoms with van der Waals surface area (Å²) in [5.41, 5.74) is -0.926. The van der Waals surface area contributed by atoms with Crippen molar-refractivity contribution in [2.24, 2.45) is 28.6 Å². The van der Waals surface area contributed by atoms with Crippen molar-refractivity contribution < 1.29 is 28.3 Å². The lowest BCUT2D eigenvalue weighted by atomic mass is 9.85.